The van der Waals surface area contributed by atoms with Crippen LogP contribution in [0.3, 0.4) is 0 Å². The Labute approximate surface area is 219 Å². The standard InChI is InChI=1S/C25H19BrClN3O2S2/c26-20-8-11-23(32-14-17-4-2-1-3-5-17)19(12-20)13-28-30-24(31)16-34-25-29-22(15-33-25)18-6-9-21(27)10-7-18/h1-13,15H,14,16H2,(H,30,31)/b28-13+. The van der Waals surface area contributed by atoms with E-state index in [-0.39, 0.29) is 11.7 Å². The van der Waals surface area contributed by atoms with Crippen molar-refractivity contribution in [2.24, 2.45) is 5.10 Å². The van der Waals surface area contributed by atoms with Gasteiger partial charge in [0, 0.05) is 26.0 Å². The molecule has 0 radical (unpaired) electrons. The van der Waals surface area contributed by atoms with Crippen molar-refractivity contribution in [3.63, 3.8) is 0 Å². The zero-order chi connectivity index (χ0) is 23.8. The first-order chi connectivity index (χ1) is 16.6. The first-order valence-corrected chi connectivity index (χ1v) is 13.2. The Morgan fingerprint density at radius 3 is 2.74 bits per heavy atom. The minimum Gasteiger partial charge on any atom is -0.488 e. The predicted molar refractivity (Wildman–Crippen MR) is 144 cm³/mol. The minimum atomic E-state index is -0.216. The quantitative estimate of drug-likeness (QED) is 0.133. The molecule has 1 heterocycles. The molecule has 4 rings (SSSR count). The lowest BCUT2D eigenvalue weighted by Gasteiger charge is -2.09. The number of carbonyl (C=O) groups excluding carboxylic acids is 1. The molecule has 34 heavy (non-hydrogen) atoms. The van der Waals surface area contributed by atoms with Crippen molar-refractivity contribution in [3.8, 4) is 17.0 Å². The number of aromatic nitrogens is 1. The van der Waals surface area contributed by atoms with Gasteiger partial charge < -0.3 is 4.74 Å². The molecule has 0 bridgehead atoms. The SMILES string of the molecule is O=C(CSc1nc(-c2ccc(Cl)cc2)cs1)N/N=C/c1cc(Br)ccc1OCc1ccccc1. The zero-order valence-corrected chi connectivity index (χ0v) is 21.8. The largest absolute Gasteiger partial charge is 0.488 e. The molecule has 0 saturated carbocycles. The van der Waals surface area contributed by atoms with E-state index in [4.69, 9.17) is 16.3 Å². The van der Waals surface area contributed by atoms with Crippen LogP contribution < -0.4 is 10.2 Å². The molecule has 0 unspecified atom stereocenters. The first kappa shape index (κ1) is 24.5. The van der Waals surface area contributed by atoms with Crippen LogP contribution in [0.2, 0.25) is 5.02 Å². The monoisotopic (exact) mass is 571 g/mol. The van der Waals surface area contributed by atoms with E-state index in [2.05, 4.69) is 31.4 Å². The Bertz CT molecular complexity index is 1280. The number of thioether (sulfide) groups is 1. The van der Waals surface area contributed by atoms with Crippen LogP contribution in [0.1, 0.15) is 11.1 Å². The number of hydrogen-bond acceptors (Lipinski definition) is 6. The summed E-state index contributed by atoms with van der Waals surface area (Å²) in [6, 6.07) is 23.1. The van der Waals surface area contributed by atoms with Gasteiger partial charge in [-0.1, -0.05) is 81.8 Å². The van der Waals surface area contributed by atoms with Crippen molar-refractivity contribution in [2.45, 2.75) is 10.9 Å². The van der Waals surface area contributed by atoms with Crippen LogP contribution >= 0.6 is 50.6 Å². The second kappa shape index (κ2) is 12.2. The minimum absolute atomic E-state index is 0.209. The summed E-state index contributed by atoms with van der Waals surface area (Å²) in [6.07, 6.45) is 1.58. The van der Waals surface area contributed by atoms with E-state index < -0.39 is 0 Å². The fraction of sp³-hybridized carbons (Fsp3) is 0.0800. The van der Waals surface area contributed by atoms with Gasteiger partial charge in [0.2, 0.25) is 0 Å². The number of nitrogens with zero attached hydrogens (tertiary/aromatic N) is 2. The highest BCUT2D eigenvalue weighted by atomic mass is 79.9. The molecule has 0 aliphatic carbocycles. The van der Waals surface area contributed by atoms with E-state index in [1.807, 2.05) is 78.2 Å². The predicted octanol–water partition coefficient (Wildman–Crippen LogP) is 7.05. The number of halogens is 2. The lowest BCUT2D eigenvalue weighted by atomic mass is 10.2. The Kier molecular flexibility index (Phi) is 8.76. The molecule has 0 fully saturated rings. The van der Waals surface area contributed by atoms with E-state index in [1.54, 1.807) is 6.21 Å². The third-order valence-corrected chi connectivity index (χ3v) is 7.32. The Balaban J connectivity index is 1.30. The molecule has 0 aliphatic heterocycles. The Morgan fingerprint density at radius 2 is 1.94 bits per heavy atom. The summed E-state index contributed by atoms with van der Waals surface area (Å²) in [5, 5.41) is 6.75. The maximum Gasteiger partial charge on any atom is 0.250 e. The number of hydrazone groups is 1. The molecular formula is C25H19BrClN3O2S2. The van der Waals surface area contributed by atoms with E-state index in [1.165, 1.54) is 23.1 Å². The number of nitrogens with one attached hydrogen (secondary N) is 1. The van der Waals surface area contributed by atoms with Crippen LogP contribution in [0.15, 0.2) is 92.1 Å². The number of rotatable bonds is 9. The molecule has 0 atom stereocenters. The number of ether oxygens (including phenoxy) is 1. The number of amides is 1. The van der Waals surface area contributed by atoms with Crippen molar-refractivity contribution in [2.75, 3.05) is 5.75 Å². The fourth-order valence-corrected chi connectivity index (χ4v) is 5.03. The van der Waals surface area contributed by atoms with E-state index >= 15 is 0 Å². The molecule has 1 aromatic heterocycles. The molecular weight excluding hydrogens is 554 g/mol. The van der Waals surface area contributed by atoms with Gasteiger partial charge in [-0.25, -0.2) is 10.4 Å². The third kappa shape index (κ3) is 7.17. The lowest BCUT2D eigenvalue weighted by molar-refractivity contribution is -0.118. The lowest BCUT2D eigenvalue weighted by Crippen LogP contribution is -2.19. The van der Waals surface area contributed by atoms with Crippen molar-refractivity contribution in [3.05, 3.63) is 98.8 Å². The second-order valence-corrected chi connectivity index (χ2v) is 10.5. The summed E-state index contributed by atoms with van der Waals surface area (Å²) >= 11 is 12.3. The molecule has 4 aromatic rings. The van der Waals surface area contributed by atoms with Gasteiger partial charge in [-0.15, -0.1) is 11.3 Å². The second-order valence-electron chi connectivity index (χ2n) is 7.04. The Hall–Kier alpha value is -2.65. The van der Waals surface area contributed by atoms with Crippen LogP contribution in [0.4, 0.5) is 0 Å². The molecule has 0 aliphatic rings. The third-order valence-electron chi connectivity index (χ3n) is 4.55. The summed E-state index contributed by atoms with van der Waals surface area (Å²) in [4.78, 5) is 16.8. The van der Waals surface area contributed by atoms with Crippen molar-refractivity contribution >= 4 is 62.8 Å². The average Bonchev–Trinajstić information content (AvgIpc) is 3.32. The molecule has 0 saturated heterocycles. The maximum absolute atomic E-state index is 12.3. The van der Waals surface area contributed by atoms with Gasteiger partial charge in [-0.2, -0.15) is 5.10 Å². The van der Waals surface area contributed by atoms with E-state index in [0.29, 0.717) is 17.4 Å². The van der Waals surface area contributed by atoms with E-state index in [9.17, 15) is 4.79 Å². The molecule has 0 spiro atoms. The highest BCUT2D eigenvalue weighted by Crippen LogP contribution is 2.29. The Morgan fingerprint density at radius 1 is 1.15 bits per heavy atom. The van der Waals surface area contributed by atoms with Gasteiger partial charge in [-0.3, -0.25) is 4.79 Å². The highest BCUT2D eigenvalue weighted by molar-refractivity contribution is 9.10. The normalized spacial score (nSPS) is 11.0. The fourth-order valence-electron chi connectivity index (χ4n) is 2.90. The van der Waals surface area contributed by atoms with Gasteiger partial charge in [0.25, 0.3) is 5.91 Å². The summed E-state index contributed by atoms with van der Waals surface area (Å²) in [6.45, 7) is 0.443. The van der Waals surface area contributed by atoms with Gasteiger partial charge in [0.15, 0.2) is 4.34 Å². The maximum atomic E-state index is 12.3. The van der Waals surface area contributed by atoms with Gasteiger partial charge in [0.1, 0.15) is 12.4 Å². The van der Waals surface area contributed by atoms with Crippen molar-refractivity contribution in [1.82, 2.24) is 10.4 Å². The van der Waals surface area contributed by atoms with Crippen LogP contribution in [-0.2, 0) is 11.4 Å². The zero-order valence-electron chi connectivity index (χ0n) is 17.8. The topological polar surface area (TPSA) is 63.6 Å². The van der Waals surface area contributed by atoms with Crippen molar-refractivity contribution < 1.29 is 9.53 Å². The highest BCUT2D eigenvalue weighted by Gasteiger charge is 2.08. The van der Waals surface area contributed by atoms with Crippen LogP contribution in [0.25, 0.3) is 11.3 Å². The summed E-state index contributed by atoms with van der Waals surface area (Å²) in [5.41, 5.74) is 6.24. The van der Waals surface area contributed by atoms with Crippen LogP contribution in [0, 0.1) is 0 Å². The molecule has 1 amide bonds. The smallest absolute Gasteiger partial charge is 0.250 e. The van der Waals surface area contributed by atoms with Crippen LogP contribution in [-0.4, -0.2) is 22.9 Å². The summed E-state index contributed by atoms with van der Waals surface area (Å²) in [5.74, 6) is 0.670. The summed E-state index contributed by atoms with van der Waals surface area (Å²) in [7, 11) is 0. The van der Waals surface area contributed by atoms with E-state index in [0.717, 1.165) is 31.2 Å². The molecule has 3 aromatic carbocycles. The van der Waals surface area contributed by atoms with Gasteiger partial charge >= 0.3 is 0 Å². The number of hydrogen-bond donors (Lipinski definition) is 1. The molecule has 1 N–H and O–H groups in total. The molecule has 172 valence electrons. The molecule has 9 heteroatoms. The average molecular weight is 573 g/mol. The number of benzene rings is 3. The van der Waals surface area contributed by atoms with Crippen LogP contribution in [0.5, 0.6) is 5.75 Å². The molecule has 5 nitrogen and oxygen atoms in total. The first-order valence-electron chi connectivity index (χ1n) is 10.2. The number of thiazole rings is 1. The summed E-state index contributed by atoms with van der Waals surface area (Å²) < 4.78 is 7.65. The number of carbonyl (C=O) groups is 1. The van der Waals surface area contributed by atoms with Gasteiger partial charge in [0.05, 0.1) is 17.7 Å². The van der Waals surface area contributed by atoms with Gasteiger partial charge in [-0.05, 0) is 35.9 Å². The van der Waals surface area contributed by atoms with Crippen molar-refractivity contribution in [1.29, 1.82) is 0 Å².